The minimum absolute atomic E-state index is 0.154. The number of nitrogens with zero attached hydrogens (tertiary/aromatic N) is 1. The molecule has 2 aromatic rings. The maximum atomic E-state index is 10.8. The summed E-state index contributed by atoms with van der Waals surface area (Å²) in [6.45, 7) is 7.76. The lowest BCUT2D eigenvalue weighted by molar-refractivity contribution is -0.135. The third-order valence-electron chi connectivity index (χ3n) is 4.53. The number of para-hydroxylation sites is 1. The lowest BCUT2D eigenvalue weighted by atomic mass is 9.99. The molecule has 1 aliphatic rings. The van der Waals surface area contributed by atoms with E-state index >= 15 is 0 Å². The minimum Gasteiger partial charge on any atom is -0.480 e. The Labute approximate surface area is 170 Å². The topological polar surface area (TPSA) is 99.7 Å². The highest BCUT2D eigenvalue weighted by molar-refractivity contribution is 6.13. The zero-order valence-electron chi connectivity index (χ0n) is 16.5. The van der Waals surface area contributed by atoms with Crippen molar-refractivity contribution in [2.24, 2.45) is 4.99 Å². The van der Waals surface area contributed by atoms with Gasteiger partial charge >= 0.3 is 5.97 Å². The second-order valence-corrected chi connectivity index (χ2v) is 6.87. The van der Waals surface area contributed by atoms with Gasteiger partial charge in [-0.2, -0.15) is 0 Å². The number of rotatable bonds is 6. The predicted octanol–water partition coefficient (Wildman–Crippen LogP) is 4.47. The molecule has 0 aliphatic heterocycles. The van der Waals surface area contributed by atoms with E-state index in [1.165, 1.54) is 0 Å². The van der Waals surface area contributed by atoms with Gasteiger partial charge < -0.3 is 21.5 Å². The Morgan fingerprint density at radius 3 is 2.59 bits per heavy atom. The van der Waals surface area contributed by atoms with Gasteiger partial charge in [-0.05, 0) is 67.0 Å². The Kier molecular flexibility index (Phi) is 5.83. The maximum absolute atomic E-state index is 10.8. The van der Waals surface area contributed by atoms with Gasteiger partial charge in [-0.3, -0.25) is 4.79 Å². The number of benzene rings is 2. The zero-order valence-corrected chi connectivity index (χ0v) is 16.5. The van der Waals surface area contributed by atoms with E-state index in [0.717, 1.165) is 33.9 Å². The SMILES string of the molecule is C=C1C=C(NCC(=O)O)C(C)=C/C1=N/c1cc(C)c(N)cc1Nc1ccccc1. The molecule has 0 heterocycles. The van der Waals surface area contributed by atoms with E-state index in [9.17, 15) is 4.79 Å². The molecule has 6 nitrogen and oxygen atoms in total. The summed E-state index contributed by atoms with van der Waals surface area (Å²) in [5, 5.41) is 15.1. The quantitative estimate of drug-likeness (QED) is 0.547. The molecule has 5 N–H and O–H groups in total. The smallest absolute Gasteiger partial charge is 0.322 e. The van der Waals surface area contributed by atoms with Gasteiger partial charge in [0, 0.05) is 17.1 Å². The minimum atomic E-state index is -0.919. The normalized spacial score (nSPS) is 15.0. The molecule has 0 radical (unpaired) electrons. The van der Waals surface area contributed by atoms with Crippen LogP contribution in [-0.4, -0.2) is 23.3 Å². The number of aliphatic carboxylic acids is 1. The molecule has 148 valence electrons. The molecule has 1 aliphatic carbocycles. The van der Waals surface area contributed by atoms with Crippen molar-refractivity contribution in [3.05, 3.63) is 83.6 Å². The molecule has 0 bridgehead atoms. The molecule has 0 aromatic heterocycles. The Morgan fingerprint density at radius 2 is 1.90 bits per heavy atom. The number of aliphatic imine (C=N–C) groups is 1. The van der Waals surface area contributed by atoms with Crippen LogP contribution in [0.5, 0.6) is 0 Å². The van der Waals surface area contributed by atoms with Gasteiger partial charge in [0.15, 0.2) is 0 Å². The van der Waals surface area contributed by atoms with Crippen molar-refractivity contribution in [3.8, 4) is 0 Å². The molecular formula is C23H24N4O2. The van der Waals surface area contributed by atoms with Crippen LogP contribution in [0, 0.1) is 6.92 Å². The number of allylic oxidation sites excluding steroid dienone is 4. The number of nitrogen functional groups attached to an aromatic ring is 1. The van der Waals surface area contributed by atoms with Crippen molar-refractivity contribution in [1.82, 2.24) is 5.32 Å². The number of nitrogens with two attached hydrogens (primary N) is 1. The summed E-state index contributed by atoms with van der Waals surface area (Å²) in [7, 11) is 0. The largest absolute Gasteiger partial charge is 0.480 e. The maximum Gasteiger partial charge on any atom is 0.322 e. The van der Waals surface area contributed by atoms with Gasteiger partial charge in [0.25, 0.3) is 0 Å². The summed E-state index contributed by atoms with van der Waals surface area (Å²) in [4.78, 5) is 15.6. The molecule has 0 atom stereocenters. The van der Waals surface area contributed by atoms with Crippen LogP contribution in [0.15, 0.2) is 83.0 Å². The van der Waals surface area contributed by atoms with Crippen LogP contribution in [-0.2, 0) is 4.79 Å². The Bertz CT molecular complexity index is 1050. The molecular weight excluding hydrogens is 364 g/mol. The highest BCUT2D eigenvalue weighted by atomic mass is 16.4. The van der Waals surface area contributed by atoms with E-state index < -0.39 is 5.97 Å². The first kappa shape index (κ1) is 19.9. The summed E-state index contributed by atoms with van der Waals surface area (Å²) in [6, 6.07) is 13.6. The second-order valence-electron chi connectivity index (χ2n) is 6.87. The number of carboxylic acids is 1. The Balaban J connectivity index is 1.94. The third-order valence-corrected chi connectivity index (χ3v) is 4.53. The molecule has 6 heteroatoms. The van der Waals surface area contributed by atoms with Crippen LogP contribution >= 0.6 is 0 Å². The fourth-order valence-corrected chi connectivity index (χ4v) is 2.91. The number of carbonyl (C=O) groups is 1. The van der Waals surface area contributed by atoms with Crippen molar-refractivity contribution in [1.29, 1.82) is 0 Å². The summed E-state index contributed by atoms with van der Waals surface area (Å²) >= 11 is 0. The van der Waals surface area contributed by atoms with Crippen molar-refractivity contribution in [2.45, 2.75) is 13.8 Å². The van der Waals surface area contributed by atoms with Crippen LogP contribution in [0.25, 0.3) is 0 Å². The van der Waals surface area contributed by atoms with E-state index in [0.29, 0.717) is 17.0 Å². The zero-order chi connectivity index (χ0) is 21.0. The van der Waals surface area contributed by atoms with Gasteiger partial charge in [-0.15, -0.1) is 0 Å². The molecule has 0 unspecified atom stereocenters. The van der Waals surface area contributed by atoms with Gasteiger partial charge in [0.05, 0.1) is 17.1 Å². The van der Waals surface area contributed by atoms with Crippen molar-refractivity contribution in [2.75, 3.05) is 17.6 Å². The first-order chi connectivity index (χ1) is 13.8. The van der Waals surface area contributed by atoms with Crippen molar-refractivity contribution < 1.29 is 9.90 Å². The highest BCUT2D eigenvalue weighted by Crippen LogP contribution is 2.34. The van der Waals surface area contributed by atoms with Crippen LogP contribution in [0.3, 0.4) is 0 Å². The average Bonchev–Trinajstić information content (AvgIpc) is 2.68. The van der Waals surface area contributed by atoms with E-state index in [2.05, 4.69) is 17.2 Å². The van der Waals surface area contributed by atoms with E-state index in [4.69, 9.17) is 15.8 Å². The van der Waals surface area contributed by atoms with Gasteiger partial charge in [0.2, 0.25) is 0 Å². The molecule has 0 fully saturated rings. The number of nitrogens with one attached hydrogen (secondary N) is 2. The van der Waals surface area contributed by atoms with Crippen LogP contribution in [0.1, 0.15) is 12.5 Å². The van der Waals surface area contributed by atoms with Gasteiger partial charge in [-0.1, -0.05) is 24.8 Å². The Hall–Kier alpha value is -3.80. The molecule has 2 aromatic carbocycles. The molecule has 29 heavy (non-hydrogen) atoms. The predicted molar refractivity (Wildman–Crippen MR) is 119 cm³/mol. The average molecular weight is 388 g/mol. The molecule has 3 rings (SSSR count). The molecule has 0 saturated carbocycles. The van der Waals surface area contributed by atoms with Crippen LogP contribution < -0.4 is 16.4 Å². The Morgan fingerprint density at radius 1 is 1.17 bits per heavy atom. The van der Waals surface area contributed by atoms with Crippen LogP contribution in [0.4, 0.5) is 22.7 Å². The number of carboxylic acid groups (broad SMARTS) is 1. The lowest BCUT2D eigenvalue weighted by Gasteiger charge is -2.18. The number of hydrogen-bond donors (Lipinski definition) is 4. The summed E-state index contributed by atoms with van der Waals surface area (Å²) in [5.74, 6) is -0.919. The summed E-state index contributed by atoms with van der Waals surface area (Å²) in [6.07, 6.45) is 3.70. The lowest BCUT2D eigenvalue weighted by Crippen LogP contribution is -2.24. The van der Waals surface area contributed by atoms with Gasteiger partial charge in [0.1, 0.15) is 6.54 Å². The number of anilines is 3. The molecule has 0 saturated heterocycles. The summed E-state index contributed by atoms with van der Waals surface area (Å²) < 4.78 is 0. The number of aryl methyl sites for hydroxylation is 1. The van der Waals surface area contributed by atoms with E-state index in [-0.39, 0.29) is 6.54 Å². The highest BCUT2D eigenvalue weighted by Gasteiger charge is 2.14. The third kappa shape index (κ3) is 4.93. The second kappa shape index (κ2) is 8.48. The van der Waals surface area contributed by atoms with Crippen molar-refractivity contribution in [3.63, 3.8) is 0 Å². The van der Waals surface area contributed by atoms with Crippen molar-refractivity contribution >= 4 is 34.4 Å². The van der Waals surface area contributed by atoms with Gasteiger partial charge in [-0.25, -0.2) is 4.99 Å². The van der Waals surface area contributed by atoms with Crippen LogP contribution in [0.2, 0.25) is 0 Å². The standard InChI is InChI=1S/C23H24N4O2/c1-14-9-21(22(12-18(14)24)26-17-7-5-4-6-8-17)27-20-11-15(2)19(10-16(20)3)25-13-23(28)29/h4-12,25-26H,3,13,24H2,1-2H3,(H,28,29)/b27-20-. The summed E-state index contributed by atoms with van der Waals surface area (Å²) in [5.41, 5.74) is 13.2. The van der Waals surface area contributed by atoms with E-state index in [1.807, 2.05) is 68.5 Å². The molecule has 0 spiro atoms. The van der Waals surface area contributed by atoms with E-state index in [1.54, 1.807) is 0 Å². The fraction of sp³-hybridized carbons (Fsp3) is 0.130. The number of hydrogen-bond acceptors (Lipinski definition) is 5. The first-order valence-electron chi connectivity index (χ1n) is 9.19. The monoisotopic (exact) mass is 388 g/mol. The molecule has 0 amide bonds. The fourth-order valence-electron chi connectivity index (χ4n) is 2.91. The first-order valence-corrected chi connectivity index (χ1v) is 9.19.